The zero-order chi connectivity index (χ0) is 17.9. The van der Waals surface area contributed by atoms with Gasteiger partial charge in [-0.05, 0) is 41.8 Å². The summed E-state index contributed by atoms with van der Waals surface area (Å²) in [4.78, 5) is 25.7. The molecule has 0 aromatic heterocycles. The predicted molar refractivity (Wildman–Crippen MR) is 92.8 cm³/mol. The summed E-state index contributed by atoms with van der Waals surface area (Å²) in [6, 6.07) is 12.7. The summed E-state index contributed by atoms with van der Waals surface area (Å²) < 4.78 is 15.9. The molecule has 0 aliphatic carbocycles. The van der Waals surface area contributed by atoms with Crippen molar-refractivity contribution in [2.24, 2.45) is 0 Å². The van der Waals surface area contributed by atoms with Crippen LogP contribution in [0.2, 0.25) is 0 Å². The molecule has 0 bridgehead atoms. The maximum absolute atomic E-state index is 12.2. The van der Waals surface area contributed by atoms with Crippen molar-refractivity contribution in [2.75, 3.05) is 13.3 Å². The topological polar surface area (TPSA) is 65.1 Å². The minimum absolute atomic E-state index is 0.166. The number of hydrogen-bond acceptors (Lipinski definition) is 5. The van der Waals surface area contributed by atoms with Gasteiger partial charge in [0.25, 0.3) is 0 Å². The number of rotatable bonds is 5. The summed E-state index contributed by atoms with van der Waals surface area (Å²) in [5.41, 5.74) is 2.33. The molecule has 1 amide bonds. The first-order chi connectivity index (χ1) is 12.7. The summed E-state index contributed by atoms with van der Waals surface area (Å²) in [6.07, 6.45) is 1.55. The molecular weight excluding hydrogens is 334 g/mol. The van der Waals surface area contributed by atoms with E-state index in [0.717, 1.165) is 24.1 Å². The summed E-state index contributed by atoms with van der Waals surface area (Å²) in [7, 11) is 0. The Morgan fingerprint density at radius 3 is 2.58 bits per heavy atom. The summed E-state index contributed by atoms with van der Waals surface area (Å²) >= 11 is 0. The van der Waals surface area contributed by atoms with Crippen LogP contribution in [0.3, 0.4) is 0 Å². The van der Waals surface area contributed by atoms with E-state index in [1.165, 1.54) is 0 Å². The molecule has 2 heterocycles. The lowest BCUT2D eigenvalue weighted by molar-refractivity contribution is -0.128. The van der Waals surface area contributed by atoms with Gasteiger partial charge in [0.2, 0.25) is 12.7 Å². The number of carbonyl (C=O) groups is 2. The second-order valence-electron chi connectivity index (χ2n) is 6.38. The Labute approximate surface area is 151 Å². The molecule has 1 fully saturated rings. The van der Waals surface area contributed by atoms with E-state index >= 15 is 0 Å². The molecule has 2 aromatic carbocycles. The summed E-state index contributed by atoms with van der Waals surface area (Å²) in [5.74, 6) is 1.18. The number of esters is 1. The van der Waals surface area contributed by atoms with Gasteiger partial charge in [-0.1, -0.05) is 18.2 Å². The Hall–Kier alpha value is -3.02. The summed E-state index contributed by atoms with van der Waals surface area (Å²) in [6.45, 7) is 1.77. The van der Waals surface area contributed by atoms with Crippen molar-refractivity contribution >= 4 is 11.9 Å². The number of nitrogens with zero attached hydrogens (tertiary/aromatic N) is 1. The maximum atomic E-state index is 12.2. The SMILES string of the molecule is O=C(OCc1ccc2c(c1)OCO2)c1ccc(CN2CCCC2=O)cc1. The largest absolute Gasteiger partial charge is 0.457 e. The quantitative estimate of drug-likeness (QED) is 0.774. The molecule has 26 heavy (non-hydrogen) atoms. The minimum atomic E-state index is -0.383. The average Bonchev–Trinajstić information content (AvgIpc) is 3.29. The number of hydrogen-bond donors (Lipinski definition) is 0. The van der Waals surface area contributed by atoms with Crippen molar-refractivity contribution in [2.45, 2.75) is 26.0 Å². The van der Waals surface area contributed by atoms with Crippen molar-refractivity contribution in [3.05, 3.63) is 59.2 Å². The van der Waals surface area contributed by atoms with Gasteiger partial charge in [0.15, 0.2) is 11.5 Å². The molecular formula is C20H19NO5. The first-order valence-electron chi connectivity index (χ1n) is 8.61. The fourth-order valence-electron chi connectivity index (χ4n) is 3.10. The highest BCUT2D eigenvalue weighted by molar-refractivity contribution is 5.89. The van der Waals surface area contributed by atoms with E-state index in [0.29, 0.717) is 30.0 Å². The molecule has 2 aliphatic heterocycles. The highest BCUT2D eigenvalue weighted by atomic mass is 16.7. The lowest BCUT2D eigenvalue weighted by Crippen LogP contribution is -2.23. The Bertz CT molecular complexity index is 831. The third-order valence-corrected chi connectivity index (χ3v) is 4.54. The first kappa shape index (κ1) is 16.4. The molecule has 2 aromatic rings. The van der Waals surface area contributed by atoms with Crippen LogP contribution in [0.1, 0.15) is 34.3 Å². The third-order valence-electron chi connectivity index (χ3n) is 4.54. The van der Waals surface area contributed by atoms with Gasteiger partial charge in [0.1, 0.15) is 6.61 Å². The Kier molecular flexibility index (Phi) is 4.48. The van der Waals surface area contributed by atoms with Gasteiger partial charge < -0.3 is 19.1 Å². The zero-order valence-corrected chi connectivity index (χ0v) is 14.3. The van der Waals surface area contributed by atoms with Crippen LogP contribution in [0.25, 0.3) is 0 Å². The average molecular weight is 353 g/mol. The molecule has 0 atom stereocenters. The van der Waals surface area contributed by atoms with Gasteiger partial charge in [0.05, 0.1) is 5.56 Å². The van der Waals surface area contributed by atoms with Crippen LogP contribution in [-0.2, 0) is 22.7 Å². The second kappa shape index (κ2) is 7.07. The number of carbonyl (C=O) groups excluding carboxylic acids is 2. The van der Waals surface area contributed by atoms with Gasteiger partial charge in [-0.2, -0.15) is 0 Å². The number of likely N-dealkylation sites (tertiary alicyclic amines) is 1. The van der Waals surface area contributed by atoms with E-state index in [4.69, 9.17) is 14.2 Å². The number of benzene rings is 2. The molecule has 4 rings (SSSR count). The smallest absolute Gasteiger partial charge is 0.338 e. The van der Waals surface area contributed by atoms with Crippen LogP contribution >= 0.6 is 0 Å². The molecule has 0 saturated carbocycles. The molecule has 6 heteroatoms. The second-order valence-corrected chi connectivity index (χ2v) is 6.38. The molecule has 0 radical (unpaired) electrons. The Morgan fingerprint density at radius 2 is 1.81 bits per heavy atom. The standard InChI is InChI=1S/C20H19NO5/c22-19-2-1-9-21(19)11-14-3-6-16(7-4-14)20(23)24-12-15-5-8-17-18(10-15)26-13-25-17/h3-8,10H,1-2,9,11-13H2. The minimum Gasteiger partial charge on any atom is -0.457 e. The van der Waals surface area contributed by atoms with E-state index in [2.05, 4.69) is 0 Å². The number of amides is 1. The fraction of sp³-hybridized carbons (Fsp3) is 0.300. The first-order valence-corrected chi connectivity index (χ1v) is 8.61. The normalized spacial score (nSPS) is 15.4. The lowest BCUT2D eigenvalue weighted by Gasteiger charge is -2.15. The maximum Gasteiger partial charge on any atom is 0.338 e. The molecule has 0 unspecified atom stereocenters. The van der Waals surface area contributed by atoms with Gasteiger partial charge in [0, 0.05) is 19.5 Å². The third kappa shape index (κ3) is 3.49. The fourth-order valence-corrected chi connectivity index (χ4v) is 3.10. The van der Waals surface area contributed by atoms with Crippen molar-refractivity contribution < 1.29 is 23.8 Å². The molecule has 0 N–H and O–H groups in total. The Balaban J connectivity index is 1.33. The van der Waals surface area contributed by atoms with Crippen molar-refractivity contribution in [1.82, 2.24) is 4.90 Å². The lowest BCUT2D eigenvalue weighted by atomic mass is 10.1. The predicted octanol–water partition coefficient (Wildman–Crippen LogP) is 2.89. The van der Waals surface area contributed by atoms with E-state index in [-0.39, 0.29) is 25.3 Å². The van der Waals surface area contributed by atoms with Crippen LogP contribution in [-0.4, -0.2) is 30.1 Å². The van der Waals surface area contributed by atoms with E-state index in [1.807, 2.05) is 29.2 Å². The molecule has 134 valence electrons. The molecule has 1 saturated heterocycles. The van der Waals surface area contributed by atoms with Gasteiger partial charge in [-0.3, -0.25) is 4.79 Å². The van der Waals surface area contributed by atoms with E-state index < -0.39 is 0 Å². The van der Waals surface area contributed by atoms with Crippen LogP contribution in [0.15, 0.2) is 42.5 Å². The molecule has 2 aliphatic rings. The van der Waals surface area contributed by atoms with Crippen LogP contribution in [0.4, 0.5) is 0 Å². The van der Waals surface area contributed by atoms with Crippen molar-refractivity contribution in [3.8, 4) is 11.5 Å². The molecule has 0 spiro atoms. The zero-order valence-electron chi connectivity index (χ0n) is 14.3. The Morgan fingerprint density at radius 1 is 1.04 bits per heavy atom. The van der Waals surface area contributed by atoms with Crippen LogP contribution < -0.4 is 9.47 Å². The van der Waals surface area contributed by atoms with Gasteiger partial charge >= 0.3 is 5.97 Å². The van der Waals surface area contributed by atoms with E-state index in [1.54, 1.807) is 18.2 Å². The van der Waals surface area contributed by atoms with Gasteiger partial charge in [-0.25, -0.2) is 4.79 Å². The highest BCUT2D eigenvalue weighted by Crippen LogP contribution is 2.32. The van der Waals surface area contributed by atoms with Gasteiger partial charge in [-0.15, -0.1) is 0 Å². The summed E-state index contributed by atoms with van der Waals surface area (Å²) in [5, 5.41) is 0. The van der Waals surface area contributed by atoms with Crippen molar-refractivity contribution in [1.29, 1.82) is 0 Å². The van der Waals surface area contributed by atoms with Crippen LogP contribution in [0.5, 0.6) is 11.5 Å². The van der Waals surface area contributed by atoms with Crippen LogP contribution in [0, 0.1) is 0 Å². The van der Waals surface area contributed by atoms with Crippen molar-refractivity contribution in [3.63, 3.8) is 0 Å². The van der Waals surface area contributed by atoms with E-state index in [9.17, 15) is 9.59 Å². The number of ether oxygens (including phenoxy) is 3. The molecule has 6 nitrogen and oxygen atoms in total. The number of fused-ring (bicyclic) bond motifs is 1. The monoisotopic (exact) mass is 353 g/mol. The highest BCUT2D eigenvalue weighted by Gasteiger charge is 2.20.